The van der Waals surface area contributed by atoms with Gasteiger partial charge < -0.3 is 30.7 Å². The van der Waals surface area contributed by atoms with E-state index in [1.165, 1.54) is 19.4 Å². The van der Waals surface area contributed by atoms with Gasteiger partial charge in [-0.3, -0.25) is 14.3 Å². The van der Waals surface area contributed by atoms with Crippen molar-refractivity contribution in [1.29, 1.82) is 0 Å². The second kappa shape index (κ2) is 15.0. The largest absolute Gasteiger partial charge is 0.467 e. The second-order valence-electron chi connectivity index (χ2n) is 12.7. The molecule has 3 atom stereocenters. The monoisotopic (exact) mass is 625 g/mol. The number of aliphatic hydroxyl groups is 3. The molecule has 1 unspecified atom stereocenters. The van der Waals surface area contributed by atoms with E-state index < -0.39 is 46.6 Å². The number of hydrogen-bond acceptors (Lipinski definition) is 9. The number of methoxy groups -OCH3 is 1. The molecule has 3 rings (SSSR count). The summed E-state index contributed by atoms with van der Waals surface area (Å²) in [4.78, 5) is 37.9. The van der Waals surface area contributed by atoms with E-state index in [2.05, 4.69) is 44.9 Å². The van der Waals surface area contributed by atoms with Crippen LogP contribution in [0.5, 0.6) is 0 Å². The summed E-state index contributed by atoms with van der Waals surface area (Å²) >= 11 is 0. The van der Waals surface area contributed by atoms with Crippen molar-refractivity contribution >= 4 is 17.8 Å². The molecule has 1 aliphatic rings. The molecule has 1 fully saturated rings. The minimum atomic E-state index is -2.18. The highest BCUT2D eigenvalue weighted by Crippen LogP contribution is 2.45. The molecule has 5 N–H and O–H groups in total. The van der Waals surface area contributed by atoms with Gasteiger partial charge in [-0.15, -0.1) is 11.0 Å². The standard InChI is InChI=1S/C33H47N5O7/c1-30(2,26(40)18-12-11-17-24-15-9-8-10-16-24)27(41)34-21-25-22-38(37-36-25)20-14-7-6-13-19-33(44)31(3,4)28(42)35-32(33,23-39)29(43)45-5/h8-10,15-16,22,26,39-40,44H,6-7,11-12,14,17-18,20-21,23H2,1-5H3,(H,34,41)(H,35,42)/t26?,32-,33-/m0/s1. The lowest BCUT2D eigenvalue weighted by atomic mass is 9.68. The van der Waals surface area contributed by atoms with Crippen molar-refractivity contribution in [2.75, 3.05) is 13.7 Å². The first-order valence-corrected chi connectivity index (χ1v) is 15.4. The van der Waals surface area contributed by atoms with Gasteiger partial charge in [-0.1, -0.05) is 47.9 Å². The van der Waals surface area contributed by atoms with Gasteiger partial charge in [-0.2, -0.15) is 0 Å². The molecule has 246 valence electrons. The van der Waals surface area contributed by atoms with E-state index in [0.29, 0.717) is 37.9 Å². The molecule has 0 aliphatic carbocycles. The molecule has 2 aromatic rings. The number of aromatic nitrogens is 3. The first kappa shape index (κ1) is 35.7. The Kier molecular flexibility index (Phi) is 11.9. The third-order valence-corrected chi connectivity index (χ3v) is 8.87. The number of aryl methyl sites for hydroxylation is 2. The summed E-state index contributed by atoms with van der Waals surface area (Å²) in [6.07, 6.45) is 5.85. The van der Waals surface area contributed by atoms with E-state index >= 15 is 0 Å². The summed E-state index contributed by atoms with van der Waals surface area (Å²) in [7, 11) is 1.11. The van der Waals surface area contributed by atoms with Crippen LogP contribution in [-0.2, 0) is 38.6 Å². The molecule has 0 bridgehead atoms. The van der Waals surface area contributed by atoms with Gasteiger partial charge in [-0.05, 0) is 65.4 Å². The molecular weight excluding hydrogens is 578 g/mol. The molecule has 2 heterocycles. The number of carbonyl (C=O) groups excluding carboxylic acids is 3. The molecule has 0 saturated carbocycles. The lowest BCUT2D eigenvalue weighted by molar-refractivity contribution is -0.162. The van der Waals surface area contributed by atoms with Crippen LogP contribution in [0, 0.1) is 22.7 Å². The lowest BCUT2D eigenvalue weighted by Crippen LogP contribution is -2.67. The normalized spacial score (nSPS) is 21.4. The van der Waals surface area contributed by atoms with Gasteiger partial charge in [0, 0.05) is 13.0 Å². The number of ether oxygens (including phenoxy) is 1. The Hall–Kier alpha value is -3.79. The topological polar surface area (TPSA) is 176 Å². The van der Waals surface area contributed by atoms with Crippen LogP contribution in [0.4, 0.5) is 0 Å². The molecule has 2 amide bonds. The van der Waals surface area contributed by atoms with Gasteiger partial charge in [0.2, 0.25) is 17.4 Å². The van der Waals surface area contributed by atoms with Crippen molar-refractivity contribution in [3.63, 3.8) is 0 Å². The minimum absolute atomic E-state index is 0.183. The summed E-state index contributed by atoms with van der Waals surface area (Å²) < 4.78 is 6.42. The maximum atomic E-state index is 12.9. The highest BCUT2D eigenvalue weighted by atomic mass is 16.5. The Bertz CT molecular complexity index is 1380. The number of carbonyl (C=O) groups is 3. The minimum Gasteiger partial charge on any atom is -0.467 e. The third kappa shape index (κ3) is 7.72. The fourth-order valence-corrected chi connectivity index (χ4v) is 5.42. The summed E-state index contributed by atoms with van der Waals surface area (Å²) in [6.45, 7) is 6.24. The van der Waals surface area contributed by atoms with Gasteiger partial charge in [0.25, 0.3) is 0 Å². The van der Waals surface area contributed by atoms with Gasteiger partial charge in [0.15, 0.2) is 5.60 Å². The van der Waals surface area contributed by atoms with Crippen molar-refractivity contribution in [3.8, 4) is 11.8 Å². The number of hydrogen-bond donors (Lipinski definition) is 5. The van der Waals surface area contributed by atoms with E-state index in [0.717, 1.165) is 26.4 Å². The van der Waals surface area contributed by atoms with E-state index in [1.54, 1.807) is 24.7 Å². The van der Waals surface area contributed by atoms with Crippen molar-refractivity contribution in [3.05, 3.63) is 47.8 Å². The number of esters is 1. The fourth-order valence-electron chi connectivity index (χ4n) is 5.42. The number of rotatable bonds is 15. The van der Waals surface area contributed by atoms with E-state index in [4.69, 9.17) is 4.74 Å². The molecule has 12 heteroatoms. The first-order valence-electron chi connectivity index (χ1n) is 15.4. The van der Waals surface area contributed by atoms with Gasteiger partial charge in [0.1, 0.15) is 5.69 Å². The number of amides is 2. The van der Waals surface area contributed by atoms with E-state index in [-0.39, 0.29) is 12.5 Å². The fraction of sp³-hybridized carbons (Fsp3) is 0.606. The van der Waals surface area contributed by atoms with Crippen molar-refractivity contribution in [2.24, 2.45) is 10.8 Å². The average Bonchev–Trinajstić information content (AvgIpc) is 3.54. The van der Waals surface area contributed by atoms with Crippen LogP contribution < -0.4 is 10.6 Å². The number of nitrogens with one attached hydrogen (secondary N) is 2. The molecular formula is C33H47N5O7. The average molecular weight is 626 g/mol. The predicted molar refractivity (Wildman–Crippen MR) is 166 cm³/mol. The highest BCUT2D eigenvalue weighted by molar-refractivity contribution is 5.99. The van der Waals surface area contributed by atoms with Crippen LogP contribution in [0.1, 0.15) is 77.5 Å². The van der Waals surface area contributed by atoms with Crippen molar-refractivity contribution < 1.29 is 34.4 Å². The Morgan fingerprint density at radius 1 is 1.16 bits per heavy atom. The third-order valence-electron chi connectivity index (χ3n) is 8.87. The van der Waals surface area contributed by atoms with Crippen LogP contribution in [0.2, 0.25) is 0 Å². The van der Waals surface area contributed by atoms with Gasteiger partial charge >= 0.3 is 5.97 Å². The Morgan fingerprint density at radius 3 is 2.53 bits per heavy atom. The zero-order chi connectivity index (χ0) is 33.3. The Morgan fingerprint density at radius 2 is 1.87 bits per heavy atom. The lowest BCUT2D eigenvalue weighted by Gasteiger charge is -2.39. The number of aliphatic hydroxyl groups excluding tert-OH is 2. The zero-order valence-corrected chi connectivity index (χ0v) is 26.9. The van der Waals surface area contributed by atoms with Crippen LogP contribution in [0.3, 0.4) is 0 Å². The number of benzene rings is 1. The van der Waals surface area contributed by atoms with E-state index in [1.807, 2.05) is 18.2 Å². The maximum absolute atomic E-state index is 12.9. The SMILES string of the molecule is COC(=O)[C@]1(CO)NC(=O)C(C)(C)[C@@]1(O)C#CCCCCn1cc(CNC(=O)C(C)(C)C(O)CCCCc2ccccc2)nn1. The molecule has 0 radical (unpaired) electrons. The first-order chi connectivity index (χ1) is 21.2. The van der Waals surface area contributed by atoms with Crippen LogP contribution in [-0.4, -0.2) is 79.1 Å². The summed E-state index contributed by atoms with van der Waals surface area (Å²) in [5, 5.41) is 45.6. The number of unbranched alkanes of at least 4 members (excludes halogenated alkanes) is 3. The highest BCUT2D eigenvalue weighted by Gasteiger charge is 2.72. The van der Waals surface area contributed by atoms with Gasteiger partial charge in [-0.25, -0.2) is 4.79 Å². The summed E-state index contributed by atoms with van der Waals surface area (Å²) in [6, 6.07) is 10.2. The molecule has 1 aromatic heterocycles. The van der Waals surface area contributed by atoms with Gasteiger partial charge in [0.05, 0.1) is 43.4 Å². The molecule has 1 aliphatic heterocycles. The van der Waals surface area contributed by atoms with Crippen LogP contribution in [0.15, 0.2) is 36.5 Å². The summed E-state index contributed by atoms with van der Waals surface area (Å²) in [5.74, 6) is 3.68. The Balaban J connectivity index is 1.43. The summed E-state index contributed by atoms with van der Waals surface area (Å²) in [5.41, 5.74) is -4.85. The molecule has 1 aromatic carbocycles. The zero-order valence-electron chi connectivity index (χ0n) is 26.9. The van der Waals surface area contributed by atoms with Crippen molar-refractivity contribution in [1.82, 2.24) is 25.6 Å². The van der Waals surface area contributed by atoms with Crippen LogP contribution in [0.25, 0.3) is 0 Å². The molecule has 45 heavy (non-hydrogen) atoms. The Labute approximate surface area is 264 Å². The molecule has 12 nitrogen and oxygen atoms in total. The van der Waals surface area contributed by atoms with E-state index in [9.17, 15) is 29.7 Å². The van der Waals surface area contributed by atoms with Crippen molar-refractivity contribution in [2.45, 2.75) is 103 Å². The number of nitrogens with zero attached hydrogens (tertiary/aromatic N) is 3. The quantitative estimate of drug-likeness (QED) is 0.112. The maximum Gasteiger partial charge on any atom is 0.338 e. The molecule has 1 saturated heterocycles. The predicted octanol–water partition coefficient (Wildman–Crippen LogP) is 1.66. The smallest absolute Gasteiger partial charge is 0.338 e. The molecule has 0 spiro atoms. The second-order valence-corrected chi connectivity index (χ2v) is 12.7. The van der Waals surface area contributed by atoms with Crippen LogP contribution >= 0.6 is 0 Å².